The highest BCUT2D eigenvalue weighted by Crippen LogP contribution is 2.24. The summed E-state index contributed by atoms with van der Waals surface area (Å²) in [7, 11) is 3.58. The number of anilines is 1. The lowest BCUT2D eigenvalue weighted by Crippen LogP contribution is -2.51. The number of carbonyl (C=O) groups is 1. The number of nitrogens with zero attached hydrogens (tertiary/aromatic N) is 4. The van der Waals surface area contributed by atoms with Crippen molar-refractivity contribution in [2.24, 2.45) is 10.9 Å². The first-order valence-electron chi connectivity index (χ1n) is 11.7. The van der Waals surface area contributed by atoms with Gasteiger partial charge in [-0.2, -0.15) is 0 Å². The van der Waals surface area contributed by atoms with Crippen LogP contribution in [0.5, 0.6) is 0 Å². The van der Waals surface area contributed by atoms with Crippen LogP contribution in [0, 0.1) is 19.8 Å². The molecule has 3 rings (SSSR count). The molecule has 0 spiro atoms. The van der Waals surface area contributed by atoms with Crippen LogP contribution >= 0.6 is 0 Å². The molecule has 0 unspecified atom stereocenters. The van der Waals surface area contributed by atoms with Crippen LogP contribution in [-0.4, -0.2) is 88.1 Å². The van der Waals surface area contributed by atoms with E-state index in [4.69, 9.17) is 0 Å². The van der Waals surface area contributed by atoms with Crippen molar-refractivity contribution in [3.05, 3.63) is 29.3 Å². The zero-order valence-corrected chi connectivity index (χ0v) is 19.8. The number of amides is 1. The van der Waals surface area contributed by atoms with Gasteiger partial charge in [-0.1, -0.05) is 12.1 Å². The number of hydrogen-bond acceptors (Lipinski definition) is 4. The lowest BCUT2D eigenvalue weighted by Gasteiger charge is -2.37. The maximum atomic E-state index is 11.6. The molecular formula is C24H40N6O. The first-order chi connectivity index (χ1) is 15.0. The Morgan fingerprint density at radius 2 is 1.81 bits per heavy atom. The number of piperidine rings is 1. The minimum Gasteiger partial charge on any atom is -0.369 e. The fraction of sp³-hybridized carbons (Fsp3) is 0.667. The average molecular weight is 429 g/mol. The lowest BCUT2D eigenvalue weighted by atomic mass is 9.93. The highest BCUT2D eigenvalue weighted by atomic mass is 16.1. The van der Waals surface area contributed by atoms with Gasteiger partial charge in [-0.05, 0) is 49.8 Å². The van der Waals surface area contributed by atoms with E-state index < -0.39 is 0 Å². The second-order valence-electron chi connectivity index (χ2n) is 8.83. The predicted octanol–water partition coefficient (Wildman–Crippen LogP) is 1.85. The fourth-order valence-corrected chi connectivity index (χ4v) is 4.66. The molecular weight excluding hydrogens is 388 g/mol. The van der Waals surface area contributed by atoms with Gasteiger partial charge in [-0.25, -0.2) is 0 Å². The van der Waals surface area contributed by atoms with Crippen molar-refractivity contribution in [2.45, 2.75) is 33.1 Å². The van der Waals surface area contributed by atoms with Crippen LogP contribution in [0.15, 0.2) is 23.2 Å². The van der Waals surface area contributed by atoms with Crippen molar-refractivity contribution in [2.75, 3.05) is 71.4 Å². The van der Waals surface area contributed by atoms with Gasteiger partial charge in [0.2, 0.25) is 5.91 Å². The number of guanidine groups is 1. The summed E-state index contributed by atoms with van der Waals surface area (Å²) in [5, 5.41) is 6.29. The Labute approximate surface area is 187 Å². The van der Waals surface area contributed by atoms with Gasteiger partial charge in [0.05, 0.1) is 0 Å². The molecule has 31 heavy (non-hydrogen) atoms. The number of rotatable bonds is 6. The van der Waals surface area contributed by atoms with E-state index in [0.29, 0.717) is 12.3 Å². The second-order valence-corrected chi connectivity index (χ2v) is 8.83. The van der Waals surface area contributed by atoms with E-state index in [0.717, 1.165) is 71.2 Å². The Kier molecular flexibility index (Phi) is 8.58. The van der Waals surface area contributed by atoms with E-state index in [1.165, 1.54) is 16.8 Å². The van der Waals surface area contributed by atoms with Crippen LogP contribution in [-0.2, 0) is 4.79 Å². The third-order valence-electron chi connectivity index (χ3n) is 6.88. The van der Waals surface area contributed by atoms with Crippen molar-refractivity contribution in [3.8, 4) is 0 Å². The van der Waals surface area contributed by atoms with E-state index in [1.54, 1.807) is 7.05 Å². The summed E-state index contributed by atoms with van der Waals surface area (Å²) in [6, 6.07) is 6.61. The number of likely N-dealkylation sites (tertiary alicyclic amines) is 1. The number of benzene rings is 1. The zero-order valence-electron chi connectivity index (χ0n) is 19.8. The SMILES string of the molecule is CN=C(NCCN1CCN(c2cccc(C)c2C)CC1)N1CCC(CC(=O)NC)CC1. The van der Waals surface area contributed by atoms with Gasteiger partial charge < -0.3 is 20.4 Å². The summed E-state index contributed by atoms with van der Waals surface area (Å²) in [4.78, 5) is 23.5. The summed E-state index contributed by atoms with van der Waals surface area (Å²) in [6.07, 6.45) is 2.74. The number of aliphatic imine (C=N–C) groups is 1. The summed E-state index contributed by atoms with van der Waals surface area (Å²) in [5.41, 5.74) is 4.16. The average Bonchev–Trinajstić information content (AvgIpc) is 2.80. The van der Waals surface area contributed by atoms with Gasteiger partial charge in [0.25, 0.3) is 0 Å². The molecule has 172 valence electrons. The zero-order chi connectivity index (χ0) is 22.2. The van der Waals surface area contributed by atoms with Crippen LogP contribution in [0.25, 0.3) is 0 Å². The van der Waals surface area contributed by atoms with E-state index in [-0.39, 0.29) is 5.91 Å². The monoisotopic (exact) mass is 428 g/mol. The molecule has 0 atom stereocenters. The van der Waals surface area contributed by atoms with Gasteiger partial charge >= 0.3 is 0 Å². The van der Waals surface area contributed by atoms with Gasteiger partial charge in [-0.15, -0.1) is 0 Å². The third kappa shape index (κ3) is 6.35. The van der Waals surface area contributed by atoms with Gasteiger partial charge in [0, 0.05) is 78.6 Å². The molecule has 2 aliphatic heterocycles. The van der Waals surface area contributed by atoms with Crippen molar-refractivity contribution >= 4 is 17.6 Å². The quantitative estimate of drug-likeness (QED) is 0.535. The molecule has 2 heterocycles. The summed E-state index contributed by atoms with van der Waals surface area (Å²) >= 11 is 0. The molecule has 7 heteroatoms. The van der Waals surface area contributed by atoms with Crippen LogP contribution in [0.3, 0.4) is 0 Å². The topological polar surface area (TPSA) is 63.2 Å². The minimum atomic E-state index is 0.151. The summed E-state index contributed by atoms with van der Waals surface area (Å²) in [5.74, 6) is 1.63. The molecule has 2 fully saturated rings. The molecule has 0 aliphatic carbocycles. The normalized spacial score (nSPS) is 18.9. The van der Waals surface area contributed by atoms with Crippen molar-refractivity contribution in [1.29, 1.82) is 0 Å². The third-order valence-corrected chi connectivity index (χ3v) is 6.88. The Balaban J connectivity index is 1.37. The van der Waals surface area contributed by atoms with E-state index in [9.17, 15) is 4.79 Å². The number of aryl methyl sites for hydroxylation is 1. The standard InChI is InChI=1S/C24H40N6O/c1-19-6-5-7-22(20(19)2)29-16-14-28(15-17-29)13-10-27-24(26-4)30-11-8-21(9-12-30)18-23(31)25-3/h5-7,21H,8-18H2,1-4H3,(H,25,31)(H,26,27). The Morgan fingerprint density at radius 1 is 1.10 bits per heavy atom. The van der Waals surface area contributed by atoms with Crippen LogP contribution < -0.4 is 15.5 Å². The lowest BCUT2D eigenvalue weighted by molar-refractivity contribution is -0.121. The molecule has 1 aromatic rings. The summed E-state index contributed by atoms with van der Waals surface area (Å²) < 4.78 is 0. The van der Waals surface area contributed by atoms with Gasteiger partial charge in [0.15, 0.2) is 5.96 Å². The number of hydrogen-bond donors (Lipinski definition) is 2. The Hall–Kier alpha value is -2.28. The van der Waals surface area contributed by atoms with Gasteiger partial charge in [0.1, 0.15) is 0 Å². The summed E-state index contributed by atoms with van der Waals surface area (Å²) in [6.45, 7) is 12.7. The molecule has 2 saturated heterocycles. The largest absolute Gasteiger partial charge is 0.369 e. The van der Waals surface area contributed by atoms with E-state index >= 15 is 0 Å². The van der Waals surface area contributed by atoms with E-state index in [1.807, 2.05) is 7.05 Å². The van der Waals surface area contributed by atoms with Gasteiger partial charge in [-0.3, -0.25) is 14.7 Å². The smallest absolute Gasteiger partial charge is 0.220 e. The van der Waals surface area contributed by atoms with Crippen molar-refractivity contribution in [1.82, 2.24) is 20.4 Å². The molecule has 0 radical (unpaired) electrons. The number of piperazine rings is 1. The van der Waals surface area contributed by atoms with Crippen LogP contribution in [0.4, 0.5) is 5.69 Å². The van der Waals surface area contributed by atoms with Crippen LogP contribution in [0.1, 0.15) is 30.4 Å². The van der Waals surface area contributed by atoms with E-state index in [2.05, 4.69) is 62.4 Å². The highest BCUT2D eigenvalue weighted by Gasteiger charge is 2.23. The highest BCUT2D eigenvalue weighted by molar-refractivity contribution is 5.80. The predicted molar refractivity (Wildman–Crippen MR) is 129 cm³/mol. The molecule has 0 aromatic heterocycles. The minimum absolute atomic E-state index is 0.151. The Bertz CT molecular complexity index is 748. The molecule has 1 aromatic carbocycles. The van der Waals surface area contributed by atoms with Crippen molar-refractivity contribution < 1.29 is 4.79 Å². The van der Waals surface area contributed by atoms with Crippen molar-refractivity contribution in [3.63, 3.8) is 0 Å². The molecule has 0 bridgehead atoms. The second kappa shape index (κ2) is 11.4. The Morgan fingerprint density at radius 3 is 2.45 bits per heavy atom. The van der Waals surface area contributed by atoms with Crippen LogP contribution in [0.2, 0.25) is 0 Å². The molecule has 2 aliphatic rings. The first-order valence-corrected chi connectivity index (χ1v) is 11.7. The number of carbonyl (C=O) groups excluding carboxylic acids is 1. The maximum absolute atomic E-state index is 11.6. The fourth-order valence-electron chi connectivity index (χ4n) is 4.66. The maximum Gasteiger partial charge on any atom is 0.220 e. The molecule has 7 nitrogen and oxygen atoms in total. The molecule has 2 N–H and O–H groups in total. The molecule has 1 amide bonds. The number of nitrogens with one attached hydrogen (secondary N) is 2. The molecule has 0 saturated carbocycles. The first kappa shape index (κ1) is 23.4.